The predicted octanol–water partition coefficient (Wildman–Crippen LogP) is 1.76. The molecular formula is C19H23N3O2. The van der Waals surface area contributed by atoms with Gasteiger partial charge in [0.15, 0.2) is 0 Å². The molecule has 1 aromatic heterocycles. The third kappa shape index (κ3) is 3.28. The topological polar surface area (TPSA) is 56.7 Å². The number of piperazine rings is 1. The van der Waals surface area contributed by atoms with Gasteiger partial charge in [0.2, 0.25) is 0 Å². The van der Waals surface area contributed by atoms with E-state index in [1.807, 2.05) is 41.3 Å². The molecule has 126 valence electrons. The molecule has 1 aliphatic heterocycles. The summed E-state index contributed by atoms with van der Waals surface area (Å²) in [7, 11) is 0. The van der Waals surface area contributed by atoms with Gasteiger partial charge in [-0.1, -0.05) is 24.3 Å². The minimum absolute atomic E-state index is 0.00291. The van der Waals surface area contributed by atoms with Gasteiger partial charge < -0.3 is 10.0 Å². The largest absolute Gasteiger partial charge is 0.392 e. The van der Waals surface area contributed by atoms with Crippen LogP contribution in [-0.4, -0.2) is 64.6 Å². The maximum Gasteiger partial charge on any atom is 0.272 e. The summed E-state index contributed by atoms with van der Waals surface area (Å²) in [6, 6.07) is 11.6. The molecule has 5 nitrogen and oxygen atoms in total. The van der Waals surface area contributed by atoms with Gasteiger partial charge in [-0.3, -0.25) is 9.69 Å². The summed E-state index contributed by atoms with van der Waals surface area (Å²) in [5.41, 5.74) is 1.37. The summed E-state index contributed by atoms with van der Waals surface area (Å²) in [4.78, 5) is 21.3. The number of benzene rings is 1. The van der Waals surface area contributed by atoms with Crippen LogP contribution < -0.4 is 0 Å². The first-order valence-corrected chi connectivity index (χ1v) is 8.76. The number of nitrogens with zero attached hydrogens (tertiary/aromatic N) is 3. The van der Waals surface area contributed by atoms with Gasteiger partial charge in [-0.15, -0.1) is 0 Å². The van der Waals surface area contributed by atoms with Crippen LogP contribution in [0.5, 0.6) is 0 Å². The third-order valence-corrected chi connectivity index (χ3v) is 5.09. The summed E-state index contributed by atoms with van der Waals surface area (Å²) in [5.74, 6) is 0.509. The van der Waals surface area contributed by atoms with E-state index in [2.05, 4.69) is 9.88 Å². The average Bonchev–Trinajstić information content (AvgIpc) is 3.46. The zero-order chi connectivity index (χ0) is 16.5. The van der Waals surface area contributed by atoms with Crippen LogP contribution in [-0.2, 0) is 0 Å². The second-order valence-corrected chi connectivity index (χ2v) is 6.89. The van der Waals surface area contributed by atoms with Gasteiger partial charge in [0, 0.05) is 38.1 Å². The normalized spacial score (nSPS) is 20.3. The average molecular weight is 325 g/mol. The Kier molecular flexibility index (Phi) is 4.21. The molecule has 2 heterocycles. The molecule has 2 aliphatic rings. The Hall–Kier alpha value is -1.98. The van der Waals surface area contributed by atoms with Crippen LogP contribution in [0.25, 0.3) is 10.9 Å². The van der Waals surface area contributed by atoms with Crippen molar-refractivity contribution in [3.05, 3.63) is 42.1 Å². The number of pyridine rings is 1. The summed E-state index contributed by atoms with van der Waals surface area (Å²) < 4.78 is 0. The van der Waals surface area contributed by atoms with Crippen molar-refractivity contribution in [3.63, 3.8) is 0 Å². The standard InChI is InChI=1S/C19H23N3O2/c23-18(15-5-6-15)13-21-9-11-22(12-10-21)19(24)17-8-7-14-3-1-2-4-16(14)20-17/h1-4,7-8,15,18,23H,5-6,9-13H2/t18-/m1/s1. The lowest BCUT2D eigenvalue weighted by atomic mass is 10.1. The van der Waals surface area contributed by atoms with Crippen LogP contribution in [0.4, 0.5) is 0 Å². The molecular weight excluding hydrogens is 302 g/mol. The fourth-order valence-electron chi connectivity index (χ4n) is 3.38. The lowest BCUT2D eigenvalue weighted by Gasteiger charge is -2.35. The number of β-amino-alcohol motifs (C(OH)–C–C–N with tert-alkyl or cyclic N) is 1. The Morgan fingerprint density at radius 1 is 1.12 bits per heavy atom. The number of carbonyl (C=O) groups is 1. The van der Waals surface area contributed by atoms with Gasteiger partial charge in [0.1, 0.15) is 5.69 Å². The molecule has 5 heteroatoms. The van der Waals surface area contributed by atoms with Crippen LogP contribution in [0.2, 0.25) is 0 Å². The Morgan fingerprint density at radius 3 is 2.62 bits per heavy atom. The SMILES string of the molecule is O=C(c1ccc2ccccc2n1)N1CCN(C[C@@H](O)C2CC2)CC1. The van der Waals surface area contributed by atoms with E-state index >= 15 is 0 Å². The van der Waals surface area contributed by atoms with Crippen LogP contribution >= 0.6 is 0 Å². The number of aliphatic hydroxyl groups is 1. The van der Waals surface area contributed by atoms with Gasteiger partial charge in [-0.25, -0.2) is 4.98 Å². The maximum atomic E-state index is 12.7. The molecule has 1 saturated heterocycles. The molecule has 1 amide bonds. The van der Waals surface area contributed by atoms with E-state index in [9.17, 15) is 9.90 Å². The highest BCUT2D eigenvalue weighted by Gasteiger charge is 2.32. The maximum absolute atomic E-state index is 12.7. The van der Waals surface area contributed by atoms with Gasteiger partial charge >= 0.3 is 0 Å². The molecule has 1 atom stereocenters. The van der Waals surface area contributed by atoms with Crippen LogP contribution in [0.15, 0.2) is 36.4 Å². The highest BCUT2D eigenvalue weighted by Crippen LogP contribution is 2.32. The van der Waals surface area contributed by atoms with Crippen molar-refractivity contribution in [2.45, 2.75) is 18.9 Å². The van der Waals surface area contributed by atoms with E-state index in [1.165, 1.54) is 0 Å². The van der Waals surface area contributed by atoms with E-state index in [0.717, 1.165) is 43.4 Å². The molecule has 2 fully saturated rings. The number of carbonyl (C=O) groups excluding carboxylic acids is 1. The van der Waals surface area contributed by atoms with Crippen molar-refractivity contribution >= 4 is 16.8 Å². The molecule has 0 radical (unpaired) electrons. The molecule has 0 unspecified atom stereocenters. The summed E-state index contributed by atoms with van der Waals surface area (Å²) >= 11 is 0. The quantitative estimate of drug-likeness (QED) is 0.931. The number of amides is 1. The number of rotatable bonds is 4. The highest BCUT2D eigenvalue weighted by atomic mass is 16.3. The minimum Gasteiger partial charge on any atom is -0.392 e. The lowest BCUT2D eigenvalue weighted by Crippen LogP contribution is -2.50. The molecule has 1 N–H and O–H groups in total. The van der Waals surface area contributed by atoms with E-state index in [-0.39, 0.29) is 12.0 Å². The van der Waals surface area contributed by atoms with Gasteiger partial charge in [-0.05, 0) is 30.9 Å². The molecule has 1 aromatic carbocycles. The smallest absolute Gasteiger partial charge is 0.272 e. The number of aromatic nitrogens is 1. The zero-order valence-electron chi connectivity index (χ0n) is 13.8. The molecule has 0 bridgehead atoms. The third-order valence-electron chi connectivity index (χ3n) is 5.09. The first-order chi connectivity index (χ1) is 11.7. The van der Waals surface area contributed by atoms with Crippen molar-refractivity contribution in [2.24, 2.45) is 5.92 Å². The van der Waals surface area contributed by atoms with E-state index < -0.39 is 0 Å². The van der Waals surface area contributed by atoms with Crippen molar-refractivity contribution in [3.8, 4) is 0 Å². The van der Waals surface area contributed by atoms with Crippen molar-refractivity contribution in [2.75, 3.05) is 32.7 Å². The van der Waals surface area contributed by atoms with Crippen molar-refractivity contribution in [1.29, 1.82) is 0 Å². The fraction of sp³-hybridized carbons (Fsp3) is 0.474. The molecule has 1 saturated carbocycles. The molecule has 1 aliphatic carbocycles. The number of fused-ring (bicyclic) bond motifs is 1. The van der Waals surface area contributed by atoms with Crippen molar-refractivity contribution in [1.82, 2.24) is 14.8 Å². The van der Waals surface area contributed by atoms with Crippen LogP contribution in [0, 0.1) is 5.92 Å². The Morgan fingerprint density at radius 2 is 1.88 bits per heavy atom. The first-order valence-electron chi connectivity index (χ1n) is 8.76. The number of hydrogen-bond donors (Lipinski definition) is 1. The first kappa shape index (κ1) is 15.5. The summed E-state index contributed by atoms with van der Waals surface area (Å²) in [6.07, 6.45) is 2.12. The second kappa shape index (κ2) is 6.49. The number of hydrogen-bond acceptors (Lipinski definition) is 4. The number of para-hydroxylation sites is 1. The molecule has 2 aromatic rings. The highest BCUT2D eigenvalue weighted by molar-refractivity contribution is 5.95. The Labute approximate surface area is 141 Å². The molecule has 0 spiro atoms. The Balaban J connectivity index is 1.38. The zero-order valence-corrected chi connectivity index (χ0v) is 13.8. The van der Waals surface area contributed by atoms with E-state index in [4.69, 9.17) is 0 Å². The lowest BCUT2D eigenvalue weighted by molar-refractivity contribution is 0.0485. The van der Waals surface area contributed by atoms with Gasteiger partial charge in [0.25, 0.3) is 5.91 Å². The summed E-state index contributed by atoms with van der Waals surface area (Å²) in [6.45, 7) is 3.78. The monoisotopic (exact) mass is 325 g/mol. The van der Waals surface area contributed by atoms with E-state index in [1.54, 1.807) is 0 Å². The van der Waals surface area contributed by atoms with E-state index in [0.29, 0.717) is 24.7 Å². The molecule has 4 rings (SSSR count). The van der Waals surface area contributed by atoms with Crippen LogP contribution in [0.3, 0.4) is 0 Å². The fourth-order valence-corrected chi connectivity index (χ4v) is 3.38. The molecule has 24 heavy (non-hydrogen) atoms. The second-order valence-electron chi connectivity index (χ2n) is 6.89. The Bertz CT molecular complexity index is 736. The van der Waals surface area contributed by atoms with Crippen molar-refractivity contribution < 1.29 is 9.90 Å². The van der Waals surface area contributed by atoms with Gasteiger partial charge in [0.05, 0.1) is 11.6 Å². The van der Waals surface area contributed by atoms with Gasteiger partial charge in [-0.2, -0.15) is 0 Å². The number of aliphatic hydroxyl groups excluding tert-OH is 1. The minimum atomic E-state index is -0.200. The predicted molar refractivity (Wildman–Crippen MR) is 92.8 cm³/mol. The summed E-state index contributed by atoms with van der Waals surface area (Å²) in [5, 5.41) is 11.1. The van der Waals surface area contributed by atoms with Crippen LogP contribution in [0.1, 0.15) is 23.3 Å².